The molecule has 5 heteroatoms. The van der Waals surface area contributed by atoms with Gasteiger partial charge < -0.3 is 20.1 Å². The van der Waals surface area contributed by atoms with Gasteiger partial charge >= 0.3 is 6.03 Å². The van der Waals surface area contributed by atoms with E-state index >= 15 is 0 Å². The summed E-state index contributed by atoms with van der Waals surface area (Å²) in [6, 6.07) is 19.1. The fourth-order valence-corrected chi connectivity index (χ4v) is 2.79. The van der Waals surface area contributed by atoms with Gasteiger partial charge in [0.15, 0.2) is 0 Å². The highest BCUT2D eigenvalue weighted by Gasteiger charge is 2.19. The van der Waals surface area contributed by atoms with Crippen molar-refractivity contribution in [1.29, 1.82) is 0 Å². The zero-order chi connectivity index (χ0) is 17.3. The fraction of sp³-hybridized carbons (Fsp3) is 0.350. The molecule has 0 radical (unpaired) electrons. The third kappa shape index (κ3) is 5.50. The molecule has 0 saturated carbocycles. The molecule has 0 spiro atoms. The van der Waals surface area contributed by atoms with Crippen molar-refractivity contribution in [2.75, 3.05) is 26.4 Å². The van der Waals surface area contributed by atoms with Crippen molar-refractivity contribution in [3.63, 3.8) is 0 Å². The summed E-state index contributed by atoms with van der Waals surface area (Å²) < 4.78 is 11.2. The summed E-state index contributed by atoms with van der Waals surface area (Å²) in [6.45, 7) is 2.51. The molecule has 0 aliphatic carbocycles. The summed E-state index contributed by atoms with van der Waals surface area (Å²) in [5.41, 5.74) is 1.01. The molecule has 1 saturated heterocycles. The predicted octanol–water partition coefficient (Wildman–Crippen LogP) is 3.14. The van der Waals surface area contributed by atoms with Gasteiger partial charge in [0.05, 0.1) is 12.6 Å². The molecule has 0 aromatic heterocycles. The molecule has 5 nitrogen and oxygen atoms in total. The molecule has 132 valence electrons. The summed E-state index contributed by atoms with van der Waals surface area (Å²) in [5, 5.41) is 5.95. The first-order chi connectivity index (χ1) is 12.3. The molecule has 2 aromatic rings. The van der Waals surface area contributed by atoms with Crippen LogP contribution in [0.5, 0.6) is 5.75 Å². The number of nitrogens with one attached hydrogen (secondary N) is 2. The van der Waals surface area contributed by atoms with Crippen LogP contribution in [0.2, 0.25) is 0 Å². The van der Waals surface area contributed by atoms with Gasteiger partial charge in [-0.1, -0.05) is 48.5 Å². The molecular weight excluding hydrogens is 316 g/mol. The molecule has 3 rings (SSSR count). The van der Waals surface area contributed by atoms with Gasteiger partial charge in [-0.2, -0.15) is 0 Å². The number of benzene rings is 2. The smallest absolute Gasteiger partial charge is 0.315 e. The topological polar surface area (TPSA) is 59.6 Å². The molecule has 2 amide bonds. The number of rotatable bonds is 7. The Labute approximate surface area is 148 Å². The third-order valence-electron chi connectivity index (χ3n) is 4.24. The van der Waals surface area contributed by atoms with Crippen LogP contribution in [0.15, 0.2) is 60.7 Å². The van der Waals surface area contributed by atoms with Crippen LogP contribution in [0, 0.1) is 5.92 Å². The van der Waals surface area contributed by atoms with Crippen LogP contribution in [-0.4, -0.2) is 32.4 Å². The van der Waals surface area contributed by atoms with Crippen molar-refractivity contribution in [3.8, 4) is 5.75 Å². The van der Waals surface area contributed by atoms with E-state index in [1.807, 2.05) is 60.7 Å². The van der Waals surface area contributed by atoms with Crippen molar-refractivity contribution in [2.24, 2.45) is 5.92 Å². The number of ether oxygens (including phenoxy) is 2. The second-order valence-electron chi connectivity index (χ2n) is 6.17. The Morgan fingerprint density at radius 3 is 2.52 bits per heavy atom. The quantitative estimate of drug-likeness (QED) is 0.814. The van der Waals surface area contributed by atoms with Crippen LogP contribution in [0.3, 0.4) is 0 Å². The van der Waals surface area contributed by atoms with Crippen LogP contribution in [-0.2, 0) is 4.74 Å². The molecule has 1 aliphatic rings. The number of urea groups is 1. The first-order valence-corrected chi connectivity index (χ1v) is 8.66. The molecular formula is C20H24N2O3. The van der Waals surface area contributed by atoms with Crippen molar-refractivity contribution in [3.05, 3.63) is 66.2 Å². The van der Waals surface area contributed by atoms with E-state index < -0.39 is 0 Å². The molecule has 25 heavy (non-hydrogen) atoms. The zero-order valence-corrected chi connectivity index (χ0v) is 14.2. The second-order valence-corrected chi connectivity index (χ2v) is 6.17. The minimum Gasteiger partial charge on any atom is -0.491 e. The summed E-state index contributed by atoms with van der Waals surface area (Å²) in [6.07, 6.45) is 1.000. The lowest BCUT2D eigenvalue weighted by molar-refractivity contribution is 0.184. The first kappa shape index (κ1) is 17.3. The Hall–Kier alpha value is -2.53. The maximum absolute atomic E-state index is 12.3. The first-order valence-electron chi connectivity index (χ1n) is 8.66. The normalized spacial score (nSPS) is 17.7. The van der Waals surface area contributed by atoms with E-state index in [4.69, 9.17) is 9.47 Å². The lowest BCUT2D eigenvalue weighted by atomic mass is 10.1. The van der Waals surface area contributed by atoms with E-state index in [9.17, 15) is 4.79 Å². The van der Waals surface area contributed by atoms with E-state index in [1.165, 1.54) is 0 Å². The van der Waals surface area contributed by atoms with Gasteiger partial charge in [-0.15, -0.1) is 0 Å². The lowest BCUT2D eigenvalue weighted by Crippen LogP contribution is -2.41. The Balaban J connectivity index is 1.56. The van der Waals surface area contributed by atoms with E-state index in [0.29, 0.717) is 19.1 Å². The highest BCUT2D eigenvalue weighted by Crippen LogP contribution is 2.16. The van der Waals surface area contributed by atoms with Gasteiger partial charge in [0.2, 0.25) is 0 Å². The Morgan fingerprint density at radius 1 is 1.12 bits per heavy atom. The number of carbonyl (C=O) groups is 1. The number of hydrogen-bond acceptors (Lipinski definition) is 3. The van der Waals surface area contributed by atoms with Gasteiger partial charge in [0.25, 0.3) is 0 Å². The van der Waals surface area contributed by atoms with Crippen LogP contribution < -0.4 is 15.4 Å². The number of para-hydroxylation sites is 1. The van der Waals surface area contributed by atoms with Crippen molar-refractivity contribution in [1.82, 2.24) is 10.6 Å². The summed E-state index contributed by atoms with van der Waals surface area (Å²) in [4.78, 5) is 12.3. The fourth-order valence-electron chi connectivity index (χ4n) is 2.79. The van der Waals surface area contributed by atoms with Gasteiger partial charge in [0, 0.05) is 19.1 Å². The molecule has 1 heterocycles. The number of amides is 2. The van der Waals surface area contributed by atoms with Crippen molar-refractivity contribution in [2.45, 2.75) is 12.5 Å². The zero-order valence-electron chi connectivity index (χ0n) is 14.2. The van der Waals surface area contributed by atoms with E-state index in [0.717, 1.165) is 30.9 Å². The highest BCUT2D eigenvalue weighted by molar-refractivity contribution is 5.74. The van der Waals surface area contributed by atoms with Crippen molar-refractivity contribution >= 4 is 6.03 Å². The van der Waals surface area contributed by atoms with Gasteiger partial charge in [-0.3, -0.25) is 0 Å². The molecule has 2 N–H and O–H groups in total. The molecule has 2 atom stereocenters. The van der Waals surface area contributed by atoms with Crippen molar-refractivity contribution < 1.29 is 14.3 Å². The average Bonchev–Trinajstić information content (AvgIpc) is 3.18. The van der Waals surface area contributed by atoms with Crippen LogP contribution in [0.4, 0.5) is 4.79 Å². The Kier molecular flexibility index (Phi) is 6.29. The van der Waals surface area contributed by atoms with E-state index in [2.05, 4.69) is 10.6 Å². The second kappa shape index (κ2) is 9.08. The molecule has 2 unspecified atom stereocenters. The minimum absolute atomic E-state index is 0.183. The molecule has 0 bridgehead atoms. The Morgan fingerprint density at radius 2 is 1.84 bits per heavy atom. The molecule has 1 aliphatic heterocycles. The van der Waals surface area contributed by atoms with Gasteiger partial charge in [-0.25, -0.2) is 4.79 Å². The maximum atomic E-state index is 12.3. The SMILES string of the molecule is O=C(NCC1CCOC1)NC(COc1ccccc1)c1ccccc1. The summed E-state index contributed by atoms with van der Waals surface area (Å²) >= 11 is 0. The lowest BCUT2D eigenvalue weighted by Gasteiger charge is -2.21. The predicted molar refractivity (Wildman–Crippen MR) is 96.6 cm³/mol. The van der Waals surface area contributed by atoms with Crippen LogP contribution >= 0.6 is 0 Å². The van der Waals surface area contributed by atoms with Gasteiger partial charge in [0.1, 0.15) is 12.4 Å². The Bertz CT molecular complexity index is 643. The monoisotopic (exact) mass is 340 g/mol. The highest BCUT2D eigenvalue weighted by atomic mass is 16.5. The van der Waals surface area contributed by atoms with E-state index in [-0.39, 0.29) is 12.1 Å². The largest absolute Gasteiger partial charge is 0.491 e. The van der Waals surface area contributed by atoms with Crippen LogP contribution in [0.1, 0.15) is 18.0 Å². The standard InChI is InChI=1S/C20H24N2O3/c23-20(21-13-16-11-12-24-14-16)22-19(17-7-3-1-4-8-17)15-25-18-9-5-2-6-10-18/h1-10,16,19H,11-15H2,(H2,21,22,23). The summed E-state index contributed by atoms with van der Waals surface area (Å²) in [7, 11) is 0. The van der Waals surface area contributed by atoms with E-state index in [1.54, 1.807) is 0 Å². The maximum Gasteiger partial charge on any atom is 0.315 e. The summed E-state index contributed by atoms with van der Waals surface area (Å²) in [5.74, 6) is 1.19. The third-order valence-corrected chi connectivity index (χ3v) is 4.24. The van der Waals surface area contributed by atoms with Gasteiger partial charge in [-0.05, 0) is 24.1 Å². The average molecular weight is 340 g/mol. The minimum atomic E-state index is -0.221. The molecule has 1 fully saturated rings. The number of hydrogen-bond donors (Lipinski definition) is 2. The van der Waals surface area contributed by atoms with Crippen LogP contribution in [0.25, 0.3) is 0 Å². The number of carbonyl (C=O) groups excluding carboxylic acids is 1. The molecule has 2 aromatic carbocycles.